The maximum Gasteiger partial charge on any atom is 0.407 e. The van der Waals surface area contributed by atoms with Gasteiger partial charge in [0.25, 0.3) is 0 Å². The molecule has 21 heavy (non-hydrogen) atoms. The lowest BCUT2D eigenvalue weighted by Gasteiger charge is -2.31. The molecule has 110 valence electrons. The fraction of sp³-hybridized carbons (Fsp3) is 0.308. The van der Waals surface area contributed by atoms with Gasteiger partial charge in [-0.2, -0.15) is 4.98 Å². The number of piperazine rings is 1. The molecule has 8 heteroatoms. The van der Waals surface area contributed by atoms with Crippen molar-refractivity contribution in [1.29, 1.82) is 0 Å². The van der Waals surface area contributed by atoms with Gasteiger partial charge in [0.15, 0.2) is 0 Å². The zero-order chi connectivity index (χ0) is 14.8. The Labute approximate surface area is 125 Å². The van der Waals surface area contributed by atoms with E-state index in [2.05, 4.69) is 10.1 Å². The lowest BCUT2D eigenvalue weighted by molar-refractivity contribution is 0.141. The van der Waals surface area contributed by atoms with Crippen molar-refractivity contribution in [2.24, 2.45) is 0 Å². The SMILES string of the molecule is O=C(O)N1CCN(c2nc(-c3ccc(Cl)cc3)no2)CC1. The Hall–Kier alpha value is -2.28. The molecule has 1 N–H and O–H groups in total. The minimum atomic E-state index is -0.901. The first kappa shape index (κ1) is 13.7. The van der Waals surface area contributed by atoms with Gasteiger partial charge in [-0.1, -0.05) is 16.8 Å². The van der Waals surface area contributed by atoms with Crippen LogP contribution in [-0.2, 0) is 0 Å². The lowest BCUT2D eigenvalue weighted by atomic mass is 10.2. The maximum absolute atomic E-state index is 10.9. The molecule has 0 atom stereocenters. The van der Waals surface area contributed by atoms with Crippen molar-refractivity contribution < 1.29 is 14.4 Å². The summed E-state index contributed by atoms with van der Waals surface area (Å²) in [6.07, 6.45) is -0.901. The van der Waals surface area contributed by atoms with Crippen LogP contribution in [0.3, 0.4) is 0 Å². The van der Waals surface area contributed by atoms with Crippen LogP contribution in [0, 0.1) is 0 Å². The first-order valence-electron chi connectivity index (χ1n) is 6.46. The monoisotopic (exact) mass is 308 g/mol. The molecular weight excluding hydrogens is 296 g/mol. The van der Waals surface area contributed by atoms with Crippen LogP contribution < -0.4 is 4.90 Å². The van der Waals surface area contributed by atoms with Gasteiger partial charge in [-0.05, 0) is 24.3 Å². The van der Waals surface area contributed by atoms with E-state index < -0.39 is 6.09 Å². The second-order valence-corrected chi connectivity index (χ2v) is 5.10. The van der Waals surface area contributed by atoms with Crippen molar-refractivity contribution in [3.8, 4) is 11.4 Å². The molecule has 1 amide bonds. The molecule has 2 heterocycles. The Balaban J connectivity index is 1.71. The number of aromatic nitrogens is 2. The highest BCUT2D eigenvalue weighted by Gasteiger charge is 2.24. The molecule has 1 saturated heterocycles. The first-order valence-corrected chi connectivity index (χ1v) is 6.84. The fourth-order valence-electron chi connectivity index (χ4n) is 2.15. The summed E-state index contributed by atoms with van der Waals surface area (Å²) < 4.78 is 5.25. The molecule has 2 aromatic rings. The van der Waals surface area contributed by atoms with Crippen LogP contribution in [-0.4, -0.2) is 52.4 Å². The van der Waals surface area contributed by atoms with E-state index in [1.54, 1.807) is 12.1 Å². The van der Waals surface area contributed by atoms with Crippen molar-refractivity contribution in [3.05, 3.63) is 29.3 Å². The molecule has 0 radical (unpaired) electrons. The number of carboxylic acid groups (broad SMARTS) is 1. The number of rotatable bonds is 2. The average Bonchev–Trinajstić information content (AvgIpc) is 2.98. The van der Waals surface area contributed by atoms with E-state index in [4.69, 9.17) is 21.2 Å². The minimum Gasteiger partial charge on any atom is -0.465 e. The van der Waals surface area contributed by atoms with Crippen molar-refractivity contribution >= 4 is 23.7 Å². The summed E-state index contributed by atoms with van der Waals surface area (Å²) in [6.45, 7) is 1.92. The average molecular weight is 309 g/mol. The Kier molecular flexibility index (Phi) is 3.66. The van der Waals surface area contributed by atoms with Crippen LogP contribution >= 0.6 is 11.6 Å². The number of benzene rings is 1. The second-order valence-electron chi connectivity index (χ2n) is 4.66. The summed E-state index contributed by atoms with van der Waals surface area (Å²) >= 11 is 5.84. The van der Waals surface area contributed by atoms with E-state index in [0.717, 1.165) is 5.56 Å². The highest BCUT2D eigenvalue weighted by Crippen LogP contribution is 2.22. The van der Waals surface area contributed by atoms with Crippen molar-refractivity contribution in [1.82, 2.24) is 15.0 Å². The van der Waals surface area contributed by atoms with Crippen molar-refractivity contribution in [2.45, 2.75) is 0 Å². The van der Waals surface area contributed by atoms with Gasteiger partial charge in [-0.25, -0.2) is 4.79 Å². The number of hydrogen-bond acceptors (Lipinski definition) is 5. The third-order valence-electron chi connectivity index (χ3n) is 3.34. The normalized spacial score (nSPS) is 15.3. The van der Waals surface area contributed by atoms with Gasteiger partial charge in [0.05, 0.1) is 0 Å². The third-order valence-corrected chi connectivity index (χ3v) is 3.59. The van der Waals surface area contributed by atoms with Crippen LogP contribution in [0.2, 0.25) is 5.02 Å². The number of amides is 1. The molecule has 3 rings (SSSR count). The van der Waals surface area contributed by atoms with Crippen LogP contribution in [0.1, 0.15) is 0 Å². The second kappa shape index (κ2) is 5.61. The molecule has 1 aliphatic rings. The zero-order valence-corrected chi connectivity index (χ0v) is 11.8. The van der Waals surface area contributed by atoms with Crippen molar-refractivity contribution in [2.75, 3.05) is 31.1 Å². The van der Waals surface area contributed by atoms with Crippen molar-refractivity contribution in [3.63, 3.8) is 0 Å². The topological polar surface area (TPSA) is 82.7 Å². The van der Waals surface area contributed by atoms with Gasteiger partial charge in [-0.15, -0.1) is 0 Å². The lowest BCUT2D eigenvalue weighted by Crippen LogP contribution is -2.48. The van der Waals surface area contributed by atoms with E-state index in [1.807, 2.05) is 17.0 Å². The van der Waals surface area contributed by atoms with Gasteiger partial charge in [0.2, 0.25) is 5.82 Å². The molecule has 0 saturated carbocycles. The molecular formula is C13H13ClN4O3. The predicted molar refractivity (Wildman–Crippen MR) is 76.6 cm³/mol. The number of anilines is 1. The number of halogens is 1. The van der Waals surface area contributed by atoms with Gasteiger partial charge in [-0.3, -0.25) is 0 Å². The Bertz CT molecular complexity index is 635. The summed E-state index contributed by atoms with van der Waals surface area (Å²) in [5.41, 5.74) is 0.818. The molecule has 1 aromatic carbocycles. The largest absolute Gasteiger partial charge is 0.465 e. The number of nitrogens with zero attached hydrogens (tertiary/aromatic N) is 4. The third kappa shape index (κ3) is 2.92. The number of hydrogen-bond donors (Lipinski definition) is 1. The highest BCUT2D eigenvalue weighted by molar-refractivity contribution is 6.30. The summed E-state index contributed by atoms with van der Waals surface area (Å²) in [5, 5.41) is 13.5. The summed E-state index contributed by atoms with van der Waals surface area (Å²) in [6, 6.07) is 7.57. The van der Waals surface area contributed by atoms with E-state index in [0.29, 0.717) is 43.0 Å². The molecule has 1 aromatic heterocycles. The Morgan fingerprint density at radius 1 is 1.19 bits per heavy atom. The van der Waals surface area contributed by atoms with Gasteiger partial charge < -0.3 is 19.4 Å². The van der Waals surface area contributed by atoms with E-state index in [9.17, 15) is 4.79 Å². The summed E-state index contributed by atoms with van der Waals surface area (Å²) in [7, 11) is 0. The van der Waals surface area contributed by atoms with Crippen LogP contribution in [0.4, 0.5) is 10.8 Å². The quantitative estimate of drug-likeness (QED) is 0.915. The Morgan fingerprint density at radius 3 is 2.48 bits per heavy atom. The summed E-state index contributed by atoms with van der Waals surface area (Å²) in [4.78, 5) is 18.5. The molecule has 0 unspecified atom stereocenters. The van der Waals surface area contributed by atoms with E-state index in [-0.39, 0.29) is 0 Å². The molecule has 1 aliphatic heterocycles. The molecule has 7 nitrogen and oxygen atoms in total. The molecule has 0 bridgehead atoms. The molecule has 0 spiro atoms. The van der Waals surface area contributed by atoms with Gasteiger partial charge in [0.1, 0.15) is 0 Å². The number of carbonyl (C=O) groups is 1. The summed E-state index contributed by atoms with van der Waals surface area (Å²) in [5.74, 6) is 0.488. The van der Waals surface area contributed by atoms with E-state index >= 15 is 0 Å². The highest BCUT2D eigenvalue weighted by atomic mass is 35.5. The van der Waals surface area contributed by atoms with Crippen LogP contribution in [0.5, 0.6) is 0 Å². The van der Waals surface area contributed by atoms with Gasteiger partial charge >= 0.3 is 12.1 Å². The maximum atomic E-state index is 10.9. The smallest absolute Gasteiger partial charge is 0.407 e. The van der Waals surface area contributed by atoms with E-state index in [1.165, 1.54) is 4.90 Å². The molecule has 1 fully saturated rings. The zero-order valence-electron chi connectivity index (χ0n) is 11.1. The predicted octanol–water partition coefficient (Wildman–Crippen LogP) is 2.19. The van der Waals surface area contributed by atoms with Crippen LogP contribution in [0.15, 0.2) is 28.8 Å². The van der Waals surface area contributed by atoms with Crippen LogP contribution in [0.25, 0.3) is 11.4 Å². The minimum absolute atomic E-state index is 0.407. The fourth-order valence-corrected chi connectivity index (χ4v) is 2.28. The Morgan fingerprint density at radius 2 is 1.86 bits per heavy atom. The first-order chi connectivity index (χ1) is 10.1. The van der Waals surface area contributed by atoms with Gasteiger partial charge in [0, 0.05) is 36.8 Å². The molecule has 0 aliphatic carbocycles. The standard InChI is InChI=1S/C13H13ClN4O3/c14-10-3-1-9(2-4-10)11-15-12(21-16-11)17-5-7-18(8-6-17)13(19)20/h1-4H,5-8H2,(H,19,20).